The first-order valence-electron chi connectivity index (χ1n) is 43.0. The molecule has 0 atom stereocenters. The van der Waals surface area contributed by atoms with Gasteiger partial charge in [0.25, 0.3) is 16.6 Å². The van der Waals surface area contributed by atoms with Gasteiger partial charge in [0.15, 0.2) is 6.54 Å². The summed E-state index contributed by atoms with van der Waals surface area (Å²) in [6.07, 6.45) is 0.502. The smallest absolute Gasteiger partial charge is 0.748 e. The van der Waals surface area contributed by atoms with E-state index in [1.807, 2.05) is 155 Å². The Morgan fingerprint density at radius 3 is 1.14 bits per heavy atom. The van der Waals surface area contributed by atoms with E-state index in [4.69, 9.17) is 48.3 Å². The van der Waals surface area contributed by atoms with Gasteiger partial charge in [0.05, 0.1) is 154 Å². The number of rotatable bonds is 25. The molecule has 0 amide bonds. The van der Waals surface area contributed by atoms with E-state index in [-0.39, 0.29) is 129 Å². The number of hydrogen-bond acceptors (Lipinski definition) is 30. The number of aromatic nitrogens is 3. The van der Waals surface area contributed by atoms with Gasteiger partial charge in [-0.2, -0.15) is 13.0 Å². The first-order chi connectivity index (χ1) is 65.4. The van der Waals surface area contributed by atoms with Gasteiger partial charge in [-0.15, -0.1) is 0 Å². The molecule has 0 aliphatic carbocycles. The van der Waals surface area contributed by atoms with Gasteiger partial charge in [-0.3, -0.25) is 13.8 Å². The van der Waals surface area contributed by atoms with Crippen molar-refractivity contribution in [3.05, 3.63) is 278 Å². The first-order valence-corrected chi connectivity index (χ1v) is 47.3. The maximum atomic E-state index is 13.9. The van der Waals surface area contributed by atoms with Crippen LogP contribution in [0.15, 0.2) is 194 Å². The second kappa shape index (κ2) is 56.6. The number of phenolic OH excluding ortho intramolecular Hbond substituents is 1. The third-order valence-electron chi connectivity index (χ3n) is 19.8. The number of phenols is 1. The molecule has 1 fully saturated rings. The van der Waals surface area contributed by atoms with Gasteiger partial charge in [0.2, 0.25) is 11.0 Å². The van der Waals surface area contributed by atoms with Gasteiger partial charge >= 0.3 is 77.3 Å². The number of esters is 6. The van der Waals surface area contributed by atoms with E-state index >= 15 is 0 Å². The minimum atomic E-state index is -4.37. The van der Waals surface area contributed by atoms with Crippen LogP contribution in [0.2, 0.25) is 0 Å². The number of hydrogen-bond donors (Lipinski definition) is 4. The molecule has 4 heterocycles. The maximum absolute atomic E-state index is 13.9. The van der Waals surface area contributed by atoms with Crippen LogP contribution in [0, 0.1) is 27.7 Å². The van der Waals surface area contributed by atoms with Crippen molar-refractivity contribution < 1.29 is 176 Å². The fourth-order valence-corrected chi connectivity index (χ4v) is 15.7. The zero-order valence-electron chi connectivity index (χ0n) is 79.9. The summed E-state index contributed by atoms with van der Waals surface area (Å²) in [4.78, 5) is 117. The Morgan fingerprint density at radius 1 is 0.493 bits per heavy atom. The zero-order chi connectivity index (χ0) is 102. The van der Waals surface area contributed by atoms with E-state index in [9.17, 15) is 75.1 Å². The molecule has 0 unspecified atom stereocenters. The maximum Gasteiger partial charge on any atom is 1.00 e. The molecule has 1 saturated heterocycles. The minimum absolute atomic E-state index is 0. The Bertz CT molecular complexity index is 6630. The Morgan fingerprint density at radius 2 is 0.814 bits per heavy atom. The number of pyridine rings is 3. The molecule has 0 radical (unpaired) electrons. The van der Waals surface area contributed by atoms with E-state index in [2.05, 4.69) is 44.4 Å². The van der Waals surface area contributed by atoms with Gasteiger partial charge < -0.3 is 77.8 Å². The van der Waals surface area contributed by atoms with E-state index in [1.165, 1.54) is 40.4 Å². The number of fused-ring (bicyclic) bond motifs is 6. The van der Waals surface area contributed by atoms with Crippen molar-refractivity contribution in [3.8, 4) is 23.0 Å². The second-order valence-corrected chi connectivity index (χ2v) is 35.6. The first kappa shape index (κ1) is 118. The normalized spacial score (nSPS) is 11.5. The molecule has 1 aliphatic heterocycles. The third-order valence-corrected chi connectivity index (χ3v) is 22.5. The number of carboxylic acids is 2. The molecule has 140 heavy (non-hydrogen) atoms. The third kappa shape index (κ3) is 34.4. The molecule has 37 heteroatoms. The molecule has 14 rings (SSSR count). The van der Waals surface area contributed by atoms with Crippen LogP contribution in [0.3, 0.4) is 0 Å². The summed E-state index contributed by atoms with van der Waals surface area (Å²) in [7, 11) is -3.43. The van der Waals surface area contributed by atoms with Crippen LogP contribution in [-0.4, -0.2) is 170 Å². The average molecular weight is 2040 g/mol. The number of halogens is 1. The standard InChI is InChI=1S/C29H29NO8S.C27H25NO5.C14H9NO2.C13H18O4.C12H13BrO4.C3H6O3S.C3H8O.CH2O3.CH4.Na/c1-18(2)37-17-21-16-20(28(31)32)15-19(3)27(21)38-29(33)26-22-9-4-6-11-24(22)30(13-8-14-39(34,35)36)25-12-7-5-10-23(25)26;1-16(2)32-15-19-14-18(26(29)31-4)13-17(3)25(19)33-27(30)24-20-9-5-7-11-22(20)28-23-12-8-6-10-21(23)24;16-14(17)13-9-5-1-3-7-11(9)15-12-8-4-2-6-10(12)13;1-8(2)17-7-11-6-10(13(15)16-4)5-9(3)12(11)14;1-7-4-9(12(15)16-3)5-10(6-13)11(7)17-8(2)14;4-7(5)3-1-2-6-7;1-3(2)4;2-1-4-3;;/h4-7,9-12,15-16,18H,8,13-14,17H2,1-3H3,(H-,31,32,34,35,36);5-14,16H,15H2,1-4H3;1-8H,(H,16,17);5-6,8,14H,7H2,1-4H3;4-5H,6H2,1-3H3;1-3H2;3-4H,1-2H3;1,3H;1H4;/q;;;;;;;;;+1/p-1. The summed E-state index contributed by atoms with van der Waals surface area (Å²) in [5.41, 5.74) is 11.4. The monoisotopic (exact) mass is 2040 g/mol. The molecule has 10 aromatic carbocycles. The number of aliphatic hydroxyl groups excluding tert-OH is 1. The molecule has 1 aliphatic rings. The van der Waals surface area contributed by atoms with Crippen molar-refractivity contribution >= 4 is 156 Å². The number of carbonyl (C=O) groups is 9. The molecular formula is C103H113BrN3NaO30S2. The van der Waals surface area contributed by atoms with Crippen LogP contribution < -0.4 is 53.6 Å². The summed E-state index contributed by atoms with van der Waals surface area (Å²) in [5.74, 6) is -3.87. The fourth-order valence-electron chi connectivity index (χ4n) is 13.9. The number of alkyl halides is 1. The molecular weight excluding hydrogens is 1930 g/mol. The van der Waals surface area contributed by atoms with Crippen LogP contribution in [0.25, 0.3) is 65.4 Å². The number of aliphatic hydroxyl groups is 1. The summed E-state index contributed by atoms with van der Waals surface area (Å²) in [6, 6.07) is 56.6. The van der Waals surface area contributed by atoms with Gasteiger partial charge in [-0.1, -0.05) is 120 Å². The number of aryl methyl sites for hydroxylation is 5. The minimum Gasteiger partial charge on any atom is -0.748 e. The number of ether oxygens (including phenoxy) is 9. The SMILES string of the molecule is C.CC(C)O.COC(=O)c1cc(C)c(O)c(COC(C)C)c1.COC(=O)c1cc(C)c(OC(=O)c2c3ccccc3nc3ccccc23)c(COC(C)C)c1.COC(=O)c1cc(C)c(OC(C)=O)c(CBr)c1.Cc1cc(C(=O)O)cc(COC(C)C)c1OC(=O)c1c2ccccc2[n+](CCCS(=O)(=O)[O-])c2ccccc12.O=C(O)c1c2ccccc2nc2ccccc12.O=CO[O-].O=S1(=O)CCCO1.[Na+]. The average Bonchev–Trinajstić information content (AvgIpc) is 0.874. The van der Waals surface area contributed by atoms with Crippen molar-refractivity contribution in [1.29, 1.82) is 0 Å². The number of benzene rings is 10. The molecule has 740 valence electrons. The van der Waals surface area contributed by atoms with Gasteiger partial charge in [-0.25, -0.2) is 51.9 Å². The Labute approximate surface area is 842 Å². The van der Waals surface area contributed by atoms with Crippen LogP contribution in [0.5, 0.6) is 23.0 Å². The van der Waals surface area contributed by atoms with Gasteiger partial charge in [0, 0.05) is 86.5 Å². The van der Waals surface area contributed by atoms with E-state index in [0.717, 1.165) is 11.1 Å². The predicted octanol–water partition coefficient (Wildman–Crippen LogP) is 14.3. The number of para-hydroxylation sites is 6. The molecule has 0 spiro atoms. The summed E-state index contributed by atoms with van der Waals surface area (Å²) in [6.45, 7) is 24.1. The summed E-state index contributed by atoms with van der Waals surface area (Å²) < 4.78 is 108. The Hall–Kier alpha value is -12.7. The van der Waals surface area contributed by atoms with Crippen molar-refractivity contribution in [1.82, 2.24) is 9.97 Å². The predicted molar refractivity (Wildman–Crippen MR) is 523 cm³/mol. The molecule has 33 nitrogen and oxygen atoms in total. The largest absolute Gasteiger partial charge is 1.00 e. The second-order valence-electron chi connectivity index (χ2n) is 31.8. The molecule has 0 saturated carbocycles. The van der Waals surface area contributed by atoms with Crippen LogP contribution in [0.1, 0.15) is 200 Å². The Balaban J connectivity index is 0.000000307. The fraction of sp³-hybridized carbons (Fsp3) is 0.301. The van der Waals surface area contributed by atoms with Gasteiger partial charge in [-0.05, 0) is 197 Å². The molecule has 4 N–H and O–H groups in total. The number of aromatic carboxylic acids is 2. The number of aromatic hydroxyl groups is 1. The van der Waals surface area contributed by atoms with Crippen LogP contribution in [-0.2, 0) is 99.0 Å². The van der Waals surface area contributed by atoms with Crippen molar-refractivity contribution in [2.45, 2.75) is 166 Å². The summed E-state index contributed by atoms with van der Waals surface area (Å²) in [5, 5.41) is 49.7. The van der Waals surface area contributed by atoms with Crippen molar-refractivity contribution in [2.75, 3.05) is 39.4 Å². The van der Waals surface area contributed by atoms with Crippen molar-refractivity contribution in [3.63, 3.8) is 0 Å². The van der Waals surface area contributed by atoms with Gasteiger partial charge in [0.1, 0.15) is 23.0 Å². The molecule has 3 aromatic heterocycles. The quantitative estimate of drug-likeness (QED) is 0.00336. The van der Waals surface area contributed by atoms with Crippen LogP contribution >= 0.6 is 15.9 Å². The number of nitrogens with zero attached hydrogens (tertiary/aromatic N) is 3. The number of methoxy groups -OCH3 is 3. The Kier molecular flexibility index (Phi) is 47.6. The van der Waals surface area contributed by atoms with E-state index < -0.39 is 67.8 Å². The molecule has 0 bridgehead atoms. The van der Waals surface area contributed by atoms with Crippen molar-refractivity contribution in [2.24, 2.45) is 0 Å². The number of carbonyl (C=O) groups excluding carboxylic acids is 7. The summed E-state index contributed by atoms with van der Waals surface area (Å²) >= 11 is 3.29. The zero-order valence-corrected chi connectivity index (χ0v) is 85.1. The van der Waals surface area contributed by atoms with E-state index in [0.29, 0.717) is 162 Å². The van der Waals surface area contributed by atoms with Crippen LogP contribution in [0.4, 0.5) is 0 Å². The topological polar surface area (TPSA) is 480 Å². The molecule has 13 aromatic rings. The number of carboxylic acid groups (broad SMARTS) is 2. The van der Waals surface area contributed by atoms with E-state index in [1.54, 1.807) is 114 Å².